The third-order valence-electron chi connectivity index (χ3n) is 3.87. The first-order valence-electron chi connectivity index (χ1n) is 7.24. The molecule has 3 atom stereocenters. The Labute approximate surface area is 105 Å². The quantitative estimate of drug-likeness (QED) is 0.750. The van der Waals surface area contributed by atoms with Crippen molar-refractivity contribution in [1.82, 2.24) is 5.32 Å². The van der Waals surface area contributed by atoms with Gasteiger partial charge in [0.25, 0.3) is 0 Å². The van der Waals surface area contributed by atoms with E-state index in [1.165, 1.54) is 32.2 Å². The van der Waals surface area contributed by atoms with Crippen molar-refractivity contribution in [2.75, 3.05) is 13.2 Å². The third-order valence-corrected chi connectivity index (χ3v) is 3.87. The normalized spacial score (nSPS) is 38.5. The van der Waals surface area contributed by atoms with Crippen LogP contribution in [0.1, 0.15) is 52.4 Å². The van der Waals surface area contributed by atoms with E-state index in [0.29, 0.717) is 18.3 Å². The van der Waals surface area contributed by atoms with E-state index in [1.54, 1.807) is 0 Å². The zero-order valence-electron chi connectivity index (χ0n) is 11.3. The van der Waals surface area contributed by atoms with Gasteiger partial charge in [-0.2, -0.15) is 0 Å². The zero-order chi connectivity index (χ0) is 12.1. The van der Waals surface area contributed by atoms with Gasteiger partial charge in [0.1, 0.15) is 0 Å². The van der Waals surface area contributed by atoms with Crippen LogP contribution in [-0.4, -0.2) is 37.5 Å². The molecular weight excluding hydrogens is 214 g/mol. The summed E-state index contributed by atoms with van der Waals surface area (Å²) in [6.07, 6.45) is 8.43. The summed E-state index contributed by atoms with van der Waals surface area (Å²) in [4.78, 5) is 0. The molecule has 2 heterocycles. The molecule has 2 rings (SSSR count). The predicted octanol–water partition coefficient (Wildman–Crippen LogP) is 2.49. The lowest BCUT2D eigenvalue weighted by Gasteiger charge is -2.32. The highest BCUT2D eigenvalue weighted by Crippen LogP contribution is 2.22. The van der Waals surface area contributed by atoms with E-state index in [4.69, 9.17) is 9.47 Å². The maximum Gasteiger partial charge on any atom is 0.0624 e. The Morgan fingerprint density at radius 3 is 2.65 bits per heavy atom. The molecule has 1 N–H and O–H groups in total. The molecule has 17 heavy (non-hydrogen) atoms. The molecule has 2 fully saturated rings. The van der Waals surface area contributed by atoms with Gasteiger partial charge in [0, 0.05) is 12.6 Å². The van der Waals surface area contributed by atoms with Crippen molar-refractivity contribution in [2.45, 2.75) is 76.7 Å². The Kier molecular flexibility index (Phi) is 5.26. The number of rotatable bonds is 5. The van der Waals surface area contributed by atoms with Crippen LogP contribution in [0.25, 0.3) is 0 Å². The number of nitrogens with one attached hydrogen (secondary N) is 1. The van der Waals surface area contributed by atoms with Crippen molar-refractivity contribution in [3.8, 4) is 0 Å². The summed E-state index contributed by atoms with van der Waals surface area (Å²) >= 11 is 0. The number of hydrogen-bond donors (Lipinski definition) is 1. The fourth-order valence-corrected chi connectivity index (χ4v) is 3.06. The Hall–Kier alpha value is -0.120. The van der Waals surface area contributed by atoms with Gasteiger partial charge in [0.15, 0.2) is 0 Å². The van der Waals surface area contributed by atoms with E-state index in [1.807, 2.05) is 0 Å². The van der Waals surface area contributed by atoms with Gasteiger partial charge < -0.3 is 14.8 Å². The monoisotopic (exact) mass is 241 g/mol. The van der Waals surface area contributed by atoms with Crippen LogP contribution >= 0.6 is 0 Å². The minimum Gasteiger partial charge on any atom is -0.378 e. The Balaban J connectivity index is 1.54. The minimum absolute atomic E-state index is 0.361. The summed E-state index contributed by atoms with van der Waals surface area (Å²) in [6.45, 7) is 6.42. The van der Waals surface area contributed by atoms with Gasteiger partial charge in [-0.1, -0.05) is 0 Å². The molecule has 3 heteroatoms. The number of hydrogen-bond acceptors (Lipinski definition) is 3. The molecule has 0 radical (unpaired) electrons. The van der Waals surface area contributed by atoms with Gasteiger partial charge in [0.05, 0.1) is 18.3 Å². The molecule has 0 spiro atoms. The van der Waals surface area contributed by atoms with Crippen molar-refractivity contribution in [3.05, 3.63) is 0 Å². The largest absolute Gasteiger partial charge is 0.378 e. The van der Waals surface area contributed by atoms with Crippen LogP contribution in [-0.2, 0) is 9.47 Å². The van der Waals surface area contributed by atoms with Crippen molar-refractivity contribution >= 4 is 0 Å². The second-order valence-electron chi connectivity index (χ2n) is 5.66. The van der Waals surface area contributed by atoms with Crippen LogP contribution in [0.5, 0.6) is 0 Å². The van der Waals surface area contributed by atoms with Crippen molar-refractivity contribution < 1.29 is 9.47 Å². The van der Waals surface area contributed by atoms with Gasteiger partial charge in [0.2, 0.25) is 0 Å². The van der Waals surface area contributed by atoms with Crippen LogP contribution in [0.15, 0.2) is 0 Å². The molecule has 0 amide bonds. The molecule has 0 bridgehead atoms. The second-order valence-corrected chi connectivity index (χ2v) is 5.66. The molecule has 3 nitrogen and oxygen atoms in total. The van der Waals surface area contributed by atoms with Gasteiger partial charge in [-0.3, -0.25) is 0 Å². The highest BCUT2D eigenvalue weighted by atomic mass is 16.5. The molecule has 3 unspecified atom stereocenters. The molecule has 2 aliphatic rings. The maximum atomic E-state index is 5.98. The van der Waals surface area contributed by atoms with E-state index in [0.717, 1.165) is 25.5 Å². The highest BCUT2D eigenvalue weighted by Gasteiger charge is 2.24. The molecule has 0 saturated carbocycles. The Bertz CT molecular complexity index is 206. The van der Waals surface area contributed by atoms with Crippen LogP contribution in [0.2, 0.25) is 0 Å². The van der Waals surface area contributed by atoms with Crippen LogP contribution < -0.4 is 5.32 Å². The lowest BCUT2D eigenvalue weighted by molar-refractivity contribution is -0.102. The summed E-state index contributed by atoms with van der Waals surface area (Å²) in [5.74, 6) is 0. The van der Waals surface area contributed by atoms with E-state index in [9.17, 15) is 0 Å². The molecule has 0 aromatic carbocycles. The smallest absolute Gasteiger partial charge is 0.0624 e. The maximum absolute atomic E-state index is 5.98. The van der Waals surface area contributed by atoms with Crippen molar-refractivity contribution in [1.29, 1.82) is 0 Å². The highest BCUT2D eigenvalue weighted by molar-refractivity contribution is 4.75. The molecule has 0 aromatic heterocycles. The summed E-state index contributed by atoms with van der Waals surface area (Å²) in [5, 5.41) is 3.53. The summed E-state index contributed by atoms with van der Waals surface area (Å²) in [6, 6.07) is 0.756. The predicted molar refractivity (Wildman–Crippen MR) is 69.2 cm³/mol. The zero-order valence-corrected chi connectivity index (χ0v) is 11.3. The molecule has 0 aliphatic carbocycles. The van der Waals surface area contributed by atoms with Crippen molar-refractivity contribution in [3.63, 3.8) is 0 Å². The average molecular weight is 241 g/mol. The van der Waals surface area contributed by atoms with Crippen LogP contribution in [0.3, 0.4) is 0 Å². The fraction of sp³-hybridized carbons (Fsp3) is 1.00. The Morgan fingerprint density at radius 2 is 2.00 bits per heavy atom. The average Bonchev–Trinajstić information content (AvgIpc) is 2.76. The lowest BCUT2D eigenvalue weighted by Crippen LogP contribution is -2.34. The molecule has 2 aliphatic heterocycles. The SMILES string of the molecule is CC1CC(OCCCC2CCCN2)CC(C)O1. The summed E-state index contributed by atoms with van der Waals surface area (Å²) in [5.41, 5.74) is 0. The van der Waals surface area contributed by atoms with E-state index in [-0.39, 0.29) is 0 Å². The number of ether oxygens (including phenoxy) is 2. The van der Waals surface area contributed by atoms with Crippen molar-refractivity contribution in [2.24, 2.45) is 0 Å². The first kappa shape index (κ1) is 13.3. The van der Waals surface area contributed by atoms with Crippen LogP contribution in [0, 0.1) is 0 Å². The van der Waals surface area contributed by atoms with E-state index in [2.05, 4.69) is 19.2 Å². The van der Waals surface area contributed by atoms with E-state index < -0.39 is 0 Å². The standard InChI is InChI=1S/C14H27NO2/c1-11-9-14(10-12(2)17-11)16-8-4-6-13-5-3-7-15-13/h11-15H,3-10H2,1-2H3. The fourth-order valence-electron chi connectivity index (χ4n) is 3.06. The summed E-state index contributed by atoms with van der Waals surface area (Å²) < 4.78 is 11.7. The minimum atomic E-state index is 0.361. The molecular formula is C14H27NO2. The lowest BCUT2D eigenvalue weighted by atomic mass is 10.0. The molecule has 2 saturated heterocycles. The van der Waals surface area contributed by atoms with E-state index >= 15 is 0 Å². The topological polar surface area (TPSA) is 30.5 Å². The molecule has 100 valence electrons. The summed E-state index contributed by atoms with van der Waals surface area (Å²) in [7, 11) is 0. The second kappa shape index (κ2) is 6.72. The van der Waals surface area contributed by atoms with Gasteiger partial charge >= 0.3 is 0 Å². The van der Waals surface area contributed by atoms with Gasteiger partial charge in [-0.05, 0) is 58.9 Å². The van der Waals surface area contributed by atoms with Gasteiger partial charge in [-0.15, -0.1) is 0 Å². The molecule has 0 aromatic rings. The first-order chi connectivity index (χ1) is 8.24. The van der Waals surface area contributed by atoms with Gasteiger partial charge in [-0.25, -0.2) is 0 Å². The first-order valence-corrected chi connectivity index (χ1v) is 7.24. The Morgan fingerprint density at radius 1 is 1.24 bits per heavy atom. The third kappa shape index (κ3) is 4.57. The van der Waals surface area contributed by atoms with Crippen LogP contribution in [0.4, 0.5) is 0 Å².